The highest BCUT2D eigenvalue weighted by Crippen LogP contribution is 2.20. The largest absolute Gasteiger partial charge is 0.490 e. The number of benzene rings is 2. The van der Waals surface area contributed by atoms with E-state index in [2.05, 4.69) is 10.6 Å². The fourth-order valence-corrected chi connectivity index (χ4v) is 2.18. The van der Waals surface area contributed by atoms with Crippen LogP contribution in [-0.2, 0) is 4.74 Å². The zero-order valence-corrected chi connectivity index (χ0v) is 14.4. The fraction of sp³-hybridized carbons (Fsp3) is 0.263. The Balaban J connectivity index is 2.05. The van der Waals surface area contributed by atoms with Crippen LogP contribution in [0.1, 0.15) is 27.6 Å². The van der Waals surface area contributed by atoms with Crippen LogP contribution in [0.25, 0.3) is 0 Å². The number of amides is 2. The molecule has 0 saturated heterocycles. The quantitative estimate of drug-likeness (QED) is 0.723. The number of anilines is 1. The summed E-state index contributed by atoms with van der Waals surface area (Å²) in [5, 5.41) is 5.53. The van der Waals surface area contributed by atoms with E-state index < -0.39 is 0 Å². The Kier molecular flexibility index (Phi) is 6.98. The summed E-state index contributed by atoms with van der Waals surface area (Å²) in [6.07, 6.45) is 0. The van der Waals surface area contributed by atoms with Gasteiger partial charge in [-0.15, -0.1) is 0 Å². The second-order valence-electron chi connectivity index (χ2n) is 5.23. The van der Waals surface area contributed by atoms with Gasteiger partial charge in [-0.2, -0.15) is 0 Å². The molecule has 0 heterocycles. The molecule has 0 radical (unpaired) electrons. The van der Waals surface area contributed by atoms with Gasteiger partial charge in [0.15, 0.2) is 0 Å². The lowest BCUT2D eigenvalue weighted by Gasteiger charge is -2.11. The first kappa shape index (κ1) is 18.5. The molecule has 2 aromatic carbocycles. The Morgan fingerprint density at radius 1 is 0.960 bits per heavy atom. The van der Waals surface area contributed by atoms with E-state index in [0.29, 0.717) is 42.3 Å². The van der Waals surface area contributed by atoms with Gasteiger partial charge in [-0.3, -0.25) is 9.59 Å². The van der Waals surface area contributed by atoms with Gasteiger partial charge in [-0.1, -0.05) is 12.1 Å². The highest BCUT2D eigenvalue weighted by atomic mass is 16.5. The minimum absolute atomic E-state index is 0.141. The second kappa shape index (κ2) is 9.44. The molecule has 0 fully saturated rings. The number of carbonyl (C=O) groups excluding carboxylic acids is 2. The minimum Gasteiger partial charge on any atom is -0.490 e. The van der Waals surface area contributed by atoms with Crippen molar-refractivity contribution in [3.05, 3.63) is 59.7 Å². The van der Waals surface area contributed by atoms with Crippen molar-refractivity contribution >= 4 is 17.5 Å². The van der Waals surface area contributed by atoms with Gasteiger partial charge in [0.2, 0.25) is 0 Å². The third kappa shape index (κ3) is 5.32. The predicted octanol–water partition coefficient (Wildman–Crippen LogP) is 2.71. The maximum atomic E-state index is 12.5. The van der Waals surface area contributed by atoms with Gasteiger partial charge >= 0.3 is 0 Å². The number of rotatable bonds is 8. The third-order valence-corrected chi connectivity index (χ3v) is 3.42. The van der Waals surface area contributed by atoms with Crippen molar-refractivity contribution in [2.45, 2.75) is 6.92 Å². The molecule has 2 aromatic rings. The van der Waals surface area contributed by atoms with Gasteiger partial charge in [-0.05, 0) is 43.3 Å². The molecule has 0 bridgehead atoms. The Morgan fingerprint density at radius 2 is 1.68 bits per heavy atom. The van der Waals surface area contributed by atoms with Crippen molar-refractivity contribution in [1.82, 2.24) is 5.32 Å². The van der Waals surface area contributed by atoms with E-state index in [9.17, 15) is 9.59 Å². The van der Waals surface area contributed by atoms with Crippen molar-refractivity contribution in [3.8, 4) is 5.75 Å². The van der Waals surface area contributed by atoms with E-state index in [4.69, 9.17) is 9.47 Å². The molecular formula is C19H22N2O4. The lowest BCUT2D eigenvalue weighted by molar-refractivity contribution is 0.0955. The normalized spacial score (nSPS) is 10.2. The van der Waals surface area contributed by atoms with Crippen LogP contribution in [0, 0.1) is 0 Å². The first-order chi connectivity index (χ1) is 12.2. The SMILES string of the molecule is CCNC(=O)c1ccc(NC(=O)c2ccccc2OCCOC)cc1. The summed E-state index contributed by atoms with van der Waals surface area (Å²) in [4.78, 5) is 24.2. The number of hydrogen-bond acceptors (Lipinski definition) is 4. The molecule has 132 valence electrons. The zero-order chi connectivity index (χ0) is 18.1. The lowest BCUT2D eigenvalue weighted by Crippen LogP contribution is -2.22. The average molecular weight is 342 g/mol. The van der Waals surface area contributed by atoms with Crippen LogP contribution < -0.4 is 15.4 Å². The fourth-order valence-electron chi connectivity index (χ4n) is 2.18. The van der Waals surface area contributed by atoms with Crippen LogP contribution in [0.4, 0.5) is 5.69 Å². The maximum absolute atomic E-state index is 12.5. The van der Waals surface area contributed by atoms with E-state index >= 15 is 0 Å². The number of ether oxygens (including phenoxy) is 2. The van der Waals surface area contributed by atoms with Gasteiger partial charge in [0.1, 0.15) is 12.4 Å². The summed E-state index contributed by atoms with van der Waals surface area (Å²) in [7, 11) is 1.59. The number of nitrogens with one attached hydrogen (secondary N) is 2. The van der Waals surface area contributed by atoms with Crippen LogP contribution in [0.15, 0.2) is 48.5 Å². The molecule has 0 aromatic heterocycles. The molecule has 2 amide bonds. The summed E-state index contributed by atoms with van der Waals surface area (Å²) in [6.45, 7) is 3.23. The number of methoxy groups -OCH3 is 1. The summed E-state index contributed by atoms with van der Waals surface area (Å²) in [5.74, 6) is 0.0760. The van der Waals surface area contributed by atoms with Crippen molar-refractivity contribution in [2.24, 2.45) is 0 Å². The molecule has 0 unspecified atom stereocenters. The van der Waals surface area contributed by atoms with E-state index in [1.165, 1.54) is 0 Å². The van der Waals surface area contributed by atoms with Gasteiger partial charge in [0.05, 0.1) is 12.2 Å². The monoisotopic (exact) mass is 342 g/mol. The second-order valence-corrected chi connectivity index (χ2v) is 5.23. The van der Waals surface area contributed by atoms with Crippen molar-refractivity contribution in [3.63, 3.8) is 0 Å². The summed E-state index contributed by atoms with van der Waals surface area (Å²) in [6, 6.07) is 13.7. The van der Waals surface area contributed by atoms with Crippen LogP contribution in [0.5, 0.6) is 5.75 Å². The molecule has 0 saturated carbocycles. The molecule has 6 nitrogen and oxygen atoms in total. The van der Waals surface area contributed by atoms with E-state index in [1.807, 2.05) is 6.92 Å². The van der Waals surface area contributed by atoms with Crippen molar-refractivity contribution < 1.29 is 19.1 Å². The molecule has 0 aliphatic rings. The van der Waals surface area contributed by atoms with Gasteiger partial charge < -0.3 is 20.1 Å². The standard InChI is InChI=1S/C19H22N2O4/c1-3-20-18(22)14-8-10-15(11-9-14)21-19(23)16-6-4-5-7-17(16)25-13-12-24-2/h4-11H,3,12-13H2,1-2H3,(H,20,22)(H,21,23). The highest BCUT2D eigenvalue weighted by Gasteiger charge is 2.13. The maximum Gasteiger partial charge on any atom is 0.259 e. The first-order valence-corrected chi connectivity index (χ1v) is 8.06. The lowest BCUT2D eigenvalue weighted by atomic mass is 10.1. The Morgan fingerprint density at radius 3 is 2.36 bits per heavy atom. The molecule has 2 N–H and O–H groups in total. The molecule has 6 heteroatoms. The summed E-state index contributed by atoms with van der Waals surface area (Å²) < 4.78 is 10.5. The molecule has 25 heavy (non-hydrogen) atoms. The van der Waals surface area contributed by atoms with E-state index in [-0.39, 0.29) is 11.8 Å². The third-order valence-electron chi connectivity index (χ3n) is 3.42. The average Bonchev–Trinajstić information content (AvgIpc) is 2.63. The van der Waals surface area contributed by atoms with Crippen LogP contribution >= 0.6 is 0 Å². The van der Waals surface area contributed by atoms with Gasteiger partial charge in [-0.25, -0.2) is 0 Å². The molecule has 2 rings (SSSR count). The van der Waals surface area contributed by atoms with Crippen LogP contribution in [0.2, 0.25) is 0 Å². The first-order valence-electron chi connectivity index (χ1n) is 8.06. The number of hydrogen-bond donors (Lipinski definition) is 2. The molecule has 0 aliphatic carbocycles. The predicted molar refractivity (Wildman–Crippen MR) is 96.2 cm³/mol. The smallest absolute Gasteiger partial charge is 0.259 e. The molecule has 0 atom stereocenters. The Hall–Kier alpha value is -2.86. The van der Waals surface area contributed by atoms with Crippen LogP contribution in [0.3, 0.4) is 0 Å². The molecule has 0 spiro atoms. The van der Waals surface area contributed by atoms with Gasteiger partial charge in [0.25, 0.3) is 11.8 Å². The van der Waals surface area contributed by atoms with Gasteiger partial charge in [0, 0.05) is 24.9 Å². The Bertz CT molecular complexity index is 714. The number of para-hydroxylation sites is 1. The van der Waals surface area contributed by atoms with Crippen molar-refractivity contribution in [1.29, 1.82) is 0 Å². The molecular weight excluding hydrogens is 320 g/mol. The Labute approximate surface area is 147 Å². The summed E-state index contributed by atoms with van der Waals surface area (Å²) in [5.41, 5.74) is 1.58. The van der Waals surface area contributed by atoms with E-state index in [0.717, 1.165) is 0 Å². The molecule has 0 aliphatic heterocycles. The topological polar surface area (TPSA) is 76.7 Å². The highest BCUT2D eigenvalue weighted by molar-refractivity contribution is 6.06. The van der Waals surface area contributed by atoms with E-state index in [1.54, 1.807) is 55.6 Å². The van der Waals surface area contributed by atoms with Crippen molar-refractivity contribution in [2.75, 3.05) is 32.2 Å². The summed E-state index contributed by atoms with van der Waals surface area (Å²) >= 11 is 0. The van der Waals surface area contributed by atoms with Crippen LogP contribution in [-0.4, -0.2) is 38.7 Å². The number of carbonyl (C=O) groups is 2. The minimum atomic E-state index is -0.279. The zero-order valence-electron chi connectivity index (χ0n) is 14.4.